The van der Waals surface area contributed by atoms with E-state index < -0.39 is 0 Å². The molecule has 2 aromatic carbocycles. The number of phenolic OH excluding ortho intramolecular Hbond substituents is 1. The van der Waals surface area contributed by atoms with Gasteiger partial charge >= 0.3 is 0 Å². The molecule has 16 heavy (non-hydrogen) atoms. The molecule has 0 heterocycles. The Bertz CT molecular complexity index is 580. The summed E-state index contributed by atoms with van der Waals surface area (Å²) in [5.74, 6) is 0.0389. The van der Waals surface area contributed by atoms with E-state index in [9.17, 15) is 5.11 Å². The van der Waals surface area contributed by atoms with E-state index in [-0.39, 0.29) is 10.9 Å². The lowest BCUT2D eigenvalue weighted by Gasteiger charge is -2.02. The summed E-state index contributed by atoms with van der Waals surface area (Å²) >= 11 is 3.70. The molecule has 0 atom stereocenters. The largest absolute Gasteiger partial charge is 0.506 e. The summed E-state index contributed by atoms with van der Waals surface area (Å²) in [4.78, 5) is 0. The maximum absolute atomic E-state index is 9.67. The quantitative estimate of drug-likeness (QED) is 0.299. The van der Waals surface area contributed by atoms with Crippen molar-refractivity contribution in [1.82, 2.24) is 0 Å². The third-order valence-corrected chi connectivity index (χ3v) is 2.21. The lowest BCUT2D eigenvalue weighted by atomic mass is 10.1. The van der Waals surface area contributed by atoms with Crippen molar-refractivity contribution in [1.29, 1.82) is 5.41 Å². The van der Waals surface area contributed by atoms with Gasteiger partial charge in [0.2, 0.25) is 0 Å². The normalized spacial score (nSPS) is 11.1. The van der Waals surface area contributed by atoms with Crippen LogP contribution in [0.3, 0.4) is 0 Å². The Morgan fingerprint density at radius 2 is 1.94 bits per heavy atom. The Balaban J connectivity index is 2.66. The first-order valence-electron chi connectivity index (χ1n) is 4.58. The number of thiol groups is 1. The van der Waals surface area contributed by atoms with Crippen molar-refractivity contribution in [2.45, 2.75) is 0 Å². The topological polar surface area (TPSA) is 68.8 Å². The molecule has 0 aliphatic carbocycles. The number of nitrogens with zero attached hydrogens (tertiary/aromatic N) is 2. The van der Waals surface area contributed by atoms with Crippen LogP contribution in [-0.4, -0.2) is 10.3 Å². The van der Waals surface area contributed by atoms with Crippen LogP contribution < -0.4 is 0 Å². The van der Waals surface area contributed by atoms with Gasteiger partial charge in [-0.25, -0.2) is 0 Å². The minimum Gasteiger partial charge on any atom is -0.506 e. The molecule has 0 fully saturated rings. The van der Waals surface area contributed by atoms with E-state index in [4.69, 9.17) is 5.41 Å². The molecular weight excluding hydrogens is 222 g/mol. The van der Waals surface area contributed by atoms with E-state index in [1.807, 2.05) is 24.3 Å². The number of hydrogen-bond acceptors (Lipinski definition) is 3. The predicted octanol–water partition coefficient (Wildman–Crippen LogP) is 3.49. The van der Waals surface area contributed by atoms with E-state index in [1.54, 1.807) is 12.1 Å². The van der Waals surface area contributed by atoms with Crippen LogP contribution in [0.15, 0.2) is 46.6 Å². The van der Waals surface area contributed by atoms with Crippen molar-refractivity contribution in [3.8, 4) is 5.75 Å². The number of azo groups is 1. The van der Waals surface area contributed by atoms with Crippen molar-refractivity contribution in [3.05, 3.63) is 36.4 Å². The van der Waals surface area contributed by atoms with Crippen molar-refractivity contribution < 1.29 is 5.11 Å². The van der Waals surface area contributed by atoms with Crippen molar-refractivity contribution in [3.63, 3.8) is 0 Å². The van der Waals surface area contributed by atoms with E-state index >= 15 is 0 Å². The Labute approximate surface area is 97.6 Å². The molecule has 0 bridgehead atoms. The highest BCUT2D eigenvalue weighted by atomic mass is 32.1. The van der Waals surface area contributed by atoms with Gasteiger partial charge in [-0.2, -0.15) is 0 Å². The van der Waals surface area contributed by atoms with Crippen LogP contribution in [0.25, 0.3) is 10.8 Å². The molecule has 5 heteroatoms. The zero-order valence-corrected chi connectivity index (χ0v) is 9.15. The Morgan fingerprint density at radius 3 is 2.69 bits per heavy atom. The number of phenols is 1. The average molecular weight is 231 g/mol. The molecule has 2 N–H and O–H groups in total. The molecule has 0 spiro atoms. The molecule has 0 unspecified atom stereocenters. The number of nitrogens with one attached hydrogen (secondary N) is 1. The second-order valence-corrected chi connectivity index (χ2v) is 3.60. The molecule has 0 amide bonds. The highest BCUT2D eigenvalue weighted by molar-refractivity contribution is 7.96. The zero-order chi connectivity index (χ0) is 11.5. The number of rotatable bonds is 1. The van der Waals surface area contributed by atoms with Gasteiger partial charge in [0.05, 0.1) is 0 Å². The SMILES string of the molecule is N=C(S)/N=N/c1c(O)ccc2ccccc12. The number of benzene rings is 2. The molecule has 0 aliphatic heterocycles. The fourth-order valence-corrected chi connectivity index (χ4v) is 1.49. The molecule has 0 saturated heterocycles. The Hall–Kier alpha value is -1.88. The summed E-state index contributed by atoms with van der Waals surface area (Å²) in [5.41, 5.74) is 0.358. The smallest absolute Gasteiger partial charge is 0.198 e. The second kappa shape index (κ2) is 4.32. The van der Waals surface area contributed by atoms with Gasteiger partial charge in [0.25, 0.3) is 0 Å². The molecule has 2 rings (SSSR count). The van der Waals surface area contributed by atoms with Crippen LogP contribution >= 0.6 is 12.6 Å². The Kier molecular flexibility index (Phi) is 2.87. The lowest BCUT2D eigenvalue weighted by Crippen LogP contribution is -1.76. The maximum atomic E-state index is 9.67. The van der Waals surface area contributed by atoms with E-state index in [0.717, 1.165) is 10.8 Å². The predicted molar refractivity (Wildman–Crippen MR) is 66.8 cm³/mol. The summed E-state index contributed by atoms with van der Waals surface area (Å²) in [6.45, 7) is 0. The third kappa shape index (κ3) is 2.04. The van der Waals surface area contributed by atoms with Gasteiger partial charge in [0.1, 0.15) is 11.4 Å². The Morgan fingerprint density at radius 1 is 1.19 bits per heavy atom. The average Bonchev–Trinajstić information content (AvgIpc) is 2.27. The first kappa shape index (κ1) is 10.6. The van der Waals surface area contributed by atoms with E-state index in [0.29, 0.717) is 5.69 Å². The maximum Gasteiger partial charge on any atom is 0.198 e. The second-order valence-electron chi connectivity index (χ2n) is 3.18. The van der Waals surface area contributed by atoms with Crippen LogP contribution in [0, 0.1) is 5.41 Å². The van der Waals surface area contributed by atoms with Gasteiger partial charge in [-0.3, -0.25) is 5.41 Å². The highest BCUT2D eigenvalue weighted by Crippen LogP contribution is 2.34. The van der Waals surface area contributed by atoms with Crippen LogP contribution in [0.5, 0.6) is 5.75 Å². The van der Waals surface area contributed by atoms with Crippen molar-refractivity contribution in [2.24, 2.45) is 10.2 Å². The van der Waals surface area contributed by atoms with Crippen molar-refractivity contribution in [2.75, 3.05) is 0 Å². The molecule has 0 saturated carbocycles. The molecule has 4 nitrogen and oxygen atoms in total. The molecular formula is C11H9N3OS. The van der Waals surface area contributed by atoms with Crippen LogP contribution in [0.4, 0.5) is 5.69 Å². The standard InChI is InChI=1S/C11H9N3OS/c12-11(16)14-13-10-8-4-2-1-3-7(8)5-6-9(10)15/h1-6,15H,(H2,12,16)/b14-13+. The van der Waals surface area contributed by atoms with Gasteiger partial charge in [-0.05, 0) is 11.5 Å². The monoisotopic (exact) mass is 231 g/mol. The van der Waals surface area contributed by atoms with Crippen LogP contribution in [-0.2, 0) is 0 Å². The molecule has 80 valence electrons. The molecule has 2 aromatic rings. The van der Waals surface area contributed by atoms with Crippen LogP contribution in [0.1, 0.15) is 0 Å². The zero-order valence-electron chi connectivity index (χ0n) is 8.25. The van der Waals surface area contributed by atoms with Gasteiger partial charge in [-0.1, -0.05) is 30.3 Å². The first-order chi connectivity index (χ1) is 7.68. The van der Waals surface area contributed by atoms with E-state index in [1.165, 1.54) is 0 Å². The van der Waals surface area contributed by atoms with Gasteiger partial charge in [0.15, 0.2) is 5.17 Å². The fourth-order valence-electron chi connectivity index (χ4n) is 1.45. The number of hydrogen-bond donors (Lipinski definition) is 3. The van der Waals surface area contributed by atoms with Crippen LogP contribution in [0.2, 0.25) is 0 Å². The van der Waals surface area contributed by atoms with Crippen molar-refractivity contribution >= 4 is 34.3 Å². The summed E-state index contributed by atoms with van der Waals surface area (Å²) in [7, 11) is 0. The highest BCUT2D eigenvalue weighted by Gasteiger charge is 2.05. The van der Waals surface area contributed by atoms with Gasteiger partial charge in [-0.15, -0.1) is 22.9 Å². The number of amidine groups is 1. The fraction of sp³-hybridized carbons (Fsp3) is 0. The summed E-state index contributed by atoms with van der Waals surface area (Å²) in [6.07, 6.45) is 0. The number of fused-ring (bicyclic) bond motifs is 1. The minimum atomic E-state index is -0.202. The molecule has 0 radical (unpaired) electrons. The van der Waals surface area contributed by atoms with Gasteiger partial charge < -0.3 is 5.11 Å². The summed E-state index contributed by atoms with van der Waals surface area (Å²) in [5, 5.41) is 25.6. The third-order valence-electron chi connectivity index (χ3n) is 2.12. The van der Waals surface area contributed by atoms with Gasteiger partial charge in [0, 0.05) is 5.39 Å². The first-order valence-corrected chi connectivity index (χ1v) is 5.03. The van der Waals surface area contributed by atoms with E-state index in [2.05, 4.69) is 22.9 Å². The number of aromatic hydroxyl groups is 1. The lowest BCUT2D eigenvalue weighted by molar-refractivity contribution is 0.477. The summed E-state index contributed by atoms with van der Waals surface area (Å²) < 4.78 is 0. The molecule has 0 aromatic heterocycles. The molecule has 0 aliphatic rings. The summed E-state index contributed by atoms with van der Waals surface area (Å²) in [6, 6.07) is 10.9. The minimum absolute atomic E-state index is 0.0389.